The van der Waals surface area contributed by atoms with Crippen molar-refractivity contribution in [3.63, 3.8) is 0 Å². The van der Waals surface area contributed by atoms with E-state index in [1.165, 1.54) is 6.07 Å². The number of hydrogen-bond acceptors (Lipinski definition) is 4. The second-order valence-electron chi connectivity index (χ2n) is 3.73. The Bertz CT molecular complexity index is 583. The lowest BCUT2D eigenvalue weighted by Crippen LogP contribution is -2.07. The number of hydrogen-bond donors (Lipinski definition) is 1. The van der Waals surface area contributed by atoms with Gasteiger partial charge in [-0.2, -0.15) is 13.2 Å². The highest BCUT2D eigenvalue weighted by atomic mass is 79.9. The molecule has 0 amide bonds. The van der Waals surface area contributed by atoms with Gasteiger partial charge in [-0.1, -0.05) is 33.3 Å². The first-order valence-corrected chi connectivity index (χ1v) is 6.92. The van der Waals surface area contributed by atoms with E-state index in [9.17, 15) is 13.2 Å². The molecule has 0 bridgehead atoms. The number of nitrogens with zero attached hydrogens (tertiary/aromatic N) is 2. The van der Waals surface area contributed by atoms with Crippen molar-refractivity contribution in [1.82, 2.24) is 10.2 Å². The minimum absolute atomic E-state index is 0.0384. The van der Waals surface area contributed by atoms with Gasteiger partial charge in [0.25, 0.3) is 0 Å². The number of benzene rings is 1. The summed E-state index contributed by atoms with van der Waals surface area (Å²) in [7, 11) is 0. The maximum absolute atomic E-state index is 13.0. The van der Waals surface area contributed by atoms with Crippen LogP contribution in [0, 0.1) is 0 Å². The van der Waals surface area contributed by atoms with Gasteiger partial charge in [0.2, 0.25) is 0 Å². The zero-order valence-corrected chi connectivity index (χ0v) is 11.9. The van der Waals surface area contributed by atoms with Crippen molar-refractivity contribution >= 4 is 27.3 Å². The largest absolute Gasteiger partial charge is 0.417 e. The van der Waals surface area contributed by atoms with Crippen LogP contribution in [0.1, 0.15) is 10.6 Å². The Morgan fingerprint density at radius 3 is 2.63 bits per heavy atom. The third-order valence-electron chi connectivity index (χ3n) is 2.34. The van der Waals surface area contributed by atoms with Crippen LogP contribution in [0.5, 0.6) is 0 Å². The maximum atomic E-state index is 13.0. The molecule has 0 spiro atoms. The molecule has 0 aliphatic rings. The van der Waals surface area contributed by atoms with E-state index < -0.39 is 11.7 Å². The number of alkyl halides is 3. The molecule has 0 atom stereocenters. The van der Waals surface area contributed by atoms with Gasteiger partial charge in [-0.05, 0) is 18.7 Å². The highest BCUT2D eigenvalue weighted by Gasteiger charge is 2.34. The van der Waals surface area contributed by atoms with Gasteiger partial charge in [0.15, 0.2) is 0 Å². The van der Waals surface area contributed by atoms with Crippen LogP contribution in [0.4, 0.5) is 13.2 Å². The molecule has 0 unspecified atom stereocenters. The van der Waals surface area contributed by atoms with Crippen molar-refractivity contribution in [1.29, 1.82) is 0 Å². The van der Waals surface area contributed by atoms with Gasteiger partial charge in [-0.15, -0.1) is 10.2 Å². The summed E-state index contributed by atoms with van der Waals surface area (Å²) >= 11 is 4.17. The number of halogens is 4. The molecule has 0 radical (unpaired) electrons. The van der Waals surface area contributed by atoms with Crippen LogP contribution in [0.25, 0.3) is 10.6 Å². The molecule has 1 aromatic carbocycles. The predicted octanol–water partition coefficient (Wildman–Crippen LogP) is 3.49. The quantitative estimate of drug-likeness (QED) is 0.920. The Morgan fingerprint density at radius 1 is 1.26 bits per heavy atom. The molecule has 19 heavy (non-hydrogen) atoms. The number of aromatic nitrogens is 2. The molecule has 1 aromatic heterocycles. The first-order chi connectivity index (χ1) is 8.91. The van der Waals surface area contributed by atoms with Crippen molar-refractivity contribution in [2.24, 2.45) is 5.73 Å². The summed E-state index contributed by atoms with van der Waals surface area (Å²) in [6.45, 7) is 0.390. The van der Waals surface area contributed by atoms with E-state index in [2.05, 4.69) is 26.1 Å². The van der Waals surface area contributed by atoms with Gasteiger partial charge >= 0.3 is 6.18 Å². The molecule has 0 aliphatic heterocycles. The molecule has 0 saturated carbocycles. The van der Waals surface area contributed by atoms with Gasteiger partial charge in [-0.25, -0.2) is 0 Å². The van der Waals surface area contributed by atoms with E-state index in [-0.39, 0.29) is 10.6 Å². The second-order valence-corrected chi connectivity index (χ2v) is 5.71. The van der Waals surface area contributed by atoms with Crippen LogP contribution < -0.4 is 5.73 Å². The molecule has 2 aromatic rings. The summed E-state index contributed by atoms with van der Waals surface area (Å²) in [5.41, 5.74) is 4.69. The lowest BCUT2D eigenvalue weighted by molar-refractivity contribution is -0.137. The Labute approximate surface area is 119 Å². The van der Waals surface area contributed by atoms with Crippen molar-refractivity contribution < 1.29 is 13.2 Å². The Kier molecular flexibility index (Phi) is 4.22. The van der Waals surface area contributed by atoms with E-state index in [1.54, 1.807) is 6.07 Å². The highest BCUT2D eigenvalue weighted by molar-refractivity contribution is 9.10. The summed E-state index contributed by atoms with van der Waals surface area (Å²) < 4.78 is 39.3. The minimum atomic E-state index is -4.43. The lowest BCUT2D eigenvalue weighted by Gasteiger charge is -2.11. The van der Waals surface area contributed by atoms with E-state index in [4.69, 9.17) is 5.73 Å². The first kappa shape index (κ1) is 14.4. The fourth-order valence-corrected chi connectivity index (χ4v) is 2.78. The molecule has 0 fully saturated rings. The standard InChI is InChI=1S/C11H9BrF3N3S/c12-6-1-2-7(8(5-6)11(13,14)15)10-18-17-9(19-10)3-4-16/h1-2,5H,3-4,16H2. The van der Waals surface area contributed by atoms with Crippen LogP contribution in [0.2, 0.25) is 0 Å². The molecule has 1 heterocycles. The summed E-state index contributed by atoms with van der Waals surface area (Å²) in [5.74, 6) is 0. The van der Waals surface area contributed by atoms with Crippen LogP contribution in [-0.2, 0) is 12.6 Å². The van der Waals surface area contributed by atoms with E-state index in [0.717, 1.165) is 17.4 Å². The smallest absolute Gasteiger partial charge is 0.330 e. The zero-order chi connectivity index (χ0) is 14.0. The molecular weight excluding hydrogens is 343 g/mol. The van der Waals surface area contributed by atoms with E-state index >= 15 is 0 Å². The van der Waals surface area contributed by atoms with Crippen molar-refractivity contribution in [3.05, 3.63) is 33.2 Å². The zero-order valence-electron chi connectivity index (χ0n) is 9.54. The van der Waals surface area contributed by atoms with Crippen molar-refractivity contribution in [2.75, 3.05) is 6.54 Å². The Hall–Kier alpha value is -0.990. The summed E-state index contributed by atoms with van der Waals surface area (Å²) in [6.07, 6.45) is -3.92. The third-order valence-corrected chi connectivity index (χ3v) is 3.85. The minimum Gasteiger partial charge on any atom is -0.330 e. The van der Waals surface area contributed by atoms with Gasteiger partial charge in [0.1, 0.15) is 10.0 Å². The first-order valence-electron chi connectivity index (χ1n) is 5.31. The maximum Gasteiger partial charge on any atom is 0.417 e. The average Bonchev–Trinajstić information content (AvgIpc) is 2.77. The molecule has 0 aliphatic carbocycles. The fourth-order valence-electron chi connectivity index (χ4n) is 1.52. The fraction of sp³-hybridized carbons (Fsp3) is 0.273. The molecule has 2 N–H and O–H groups in total. The highest BCUT2D eigenvalue weighted by Crippen LogP contribution is 2.39. The van der Waals surface area contributed by atoms with Crippen molar-refractivity contribution in [3.8, 4) is 10.6 Å². The van der Waals surface area contributed by atoms with Gasteiger partial charge in [0.05, 0.1) is 5.56 Å². The Balaban J connectivity index is 2.48. The predicted molar refractivity (Wildman–Crippen MR) is 70.8 cm³/mol. The summed E-state index contributed by atoms with van der Waals surface area (Å²) in [5, 5.41) is 8.53. The van der Waals surface area contributed by atoms with Crippen LogP contribution in [0.15, 0.2) is 22.7 Å². The lowest BCUT2D eigenvalue weighted by atomic mass is 10.1. The molecule has 2 rings (SSSR count). The molecule has 8 heteroatoms. The molecule has 102 valence electrons. The SMILES string of the molecule is NCCc1nnc(-c2ccc(Br)cc2C(F)(F)F)s1. The van der Waals surface area contributed by atoms with Gasteiger partial charge < -0.3 is 5.73 Å². The Morgan fingerprint density at radius 2 is 2.00 bits per heavy atom. The molecule has 3 nitrogen and oxygen atoms in total. The topological polar surface area (TPSA) is 51.8 Å². The third kappa shape index (κ3) is 3.31. The number of nitrogens with two attached hydrogens (primary N) is 1. The van der Waals surface area contributed by atoms with Gasteiger partial charge in [-0.3, -0.25) is 0 Å². The summed E-state index contributed by atoms with van der Waals surface area (Å²) in [6, 6.07) is 3.98. The van der Waals surface area contributed by atoms with Crippen molar-refractivity contribution in [2.45, 2.75) is 12.6 Å². The monoisotopic (exact) mass is 351 g/mol. The van der Waals surface area contributed by atoms with E-state index in [1.807, 2.05) is 0 Å². The summed E-state index contributed by atoms with van der Waals surface area (Å²) in [4.78, 5) is 0. The van der Waals surface area contributed by atoms with Gasteiger partial charge in [0, 0.05) is 16.5 Å². The van der Waals surface area contributed by atoms with E-state index in [0.29, 0.717) is 22.4 Å². The average molecular weight is 352 g/mol. The van der Waals surface area contributed by atoms with Crippen LogP contribution in [-0.4, -0.2) is 16.7 Å². The number of rotatable bonds is 3. The molecular formula is C11H9BrF3N3S. The van der Waals surface area contributed by atoms with Crippen LogP contribution in [0.3, 0.4) is 0 Å². The normalized spacial score (nSPS) is 11.8. The van der Waals surface area contributed by atoms with Crippen LogP contribution >= 0.6 is 27.3 Å². The molecule has 0 saturated heterocycles. The second kappa shape index (κ2) is 5.56.